The molecule has 0 spiro atoms. The largest absolute Gasteiger partial charge is 0.455 e. The van der Waals surface area contributed by atoms with Crippen LogP contribution < -0.4 is 0 Å². The molecule has 0 unspecified atom stereocenters. The molecule has 0 aliphatic heterocycles. The van der Waals surface area contributed by atoms with E-state index in [-0.39, 0.29) is 0 Å². The van der Waals surface area contributed by atoms with E-state index in [0.29, 0.717) is 0 Å². The minimum atomic E-state index is 0.931. The predicted molar refractivity (Wildman–Crippen MR) is 97.6 cm³/mol. The molecule has 1 aliphatic carbocycles. The van der Waals surface area contributed by atoms with Crippen LogP contribution in [0.3, 0.4) is 0 Å². The van der Waals surface area contributed by atoms with Gasteiger partial charge >= 0.3 is 0 Å². The summed E-state index contributed by atoms with van der Waals surface area (Å²) in [4.78, 5) is 0. The molecule has 0 saturated carbocycles. The van der Waals surface area contributed by atoms with Gasteiger partial charge in [-0.1, -0.05) is 66.7 Å². The van der Waals surface area contributed by atoms with Crippen molar-refractivity contribution in [3.8, 4) is 22.6 Å². The topological polar surface area (TPSA) is 13.1 Å². The number of furan rings is 1. The summed E-state index contributed by atoms with van der Waals surface area (Å²) in [6.07, 6.45) is 0.931. The zero-order chi connectivity index (χ0) is 15.4. The lowest BCUT2D eigenvalue weighted by molar-refractivity contribution is 0.597. The van der Waals surface area contributed by atoms with Crippen molar-refractivity contribution in [2.75, 3.05) is 0 Å². The molecule has 0 saturated heterocycles. The number of hydrogen-bond donors (Lipinski definition) is 0. The Morgan fingerprint density at radius 2 is 1.48 bits per heavy atom. The Balaban J connectivity index is 1.78. The lowest BCUT2D eigenvalue weighted by atomic mass is 10.0. The normalized spacial score (nSPS) is 12.4. The molecular formula is C21H13BrO. The first-order valence-electron chi connectivity index (χ1n) is 7.70. The van der Waals surface area contributed by atoms with E-state index < -0.39 is 0 Å². The minimum absolute atomic E-state index is 0.931. The van der Waals surface area contributed by atoms with Crippen molar-refractivity contribution < 1.29 is 4.42 Å². The summed E-state index contributed by atoms with van der Waals surface area (Å²) in [5.41, 5.74) is 4.96. The van der Waals surface area contributed by atoms with Gasteiger partial charge in [0.05, 0.1) is 4.47 Å². The molecule has 0 atom stereocenters. The fourth-order valence-electron chi connectivity index (χ4n) is 3.50. The van der Waals surface area contributed by atoms with Gasteiger partial charge in [0.2, 0.25) is 0 Å². The third kappa shape index (κ3) is 1.85. The van der Waals surface area contributed by atoms with Gasteiger partial charge in [-0.25, -0.2) is 0 Å². The van der Waals surface area contributed by atoms with Crippen molar-refractivity contribution in [3.63, 3.8) is 0 Å². The molecule has 0 radical (unpaired) electrons. The first-order chi connectivity index (χ1) is 11.3. The highest BCUT2D eigenvalue weighted by Gasteiger charge is 2.28. The van der Waals surface area contributed by atoms with Crippen LogP contribution in [0.2, 0.25) is 0 Å². The molecule has 1 aromatic heterocycles. The Kier molecular flexibility index (Phi) is 2.77. The average Bonchev–Trinajstić information content (AvgIpc) is 3.12. The molecule has 3 aromatic carbocycles. The van der Waals surface area contributed by atoms with Crippen molar-refractivity contribution in [1.29, 1.82) is 0 Å². The van der Waals surface area contributed by atoms with E-state index >= 15 is 0 Å². The summed E-state index contributed by atoms with van der Waals surface area (Å²) in [6, 6.07) is 23.3. The van der Waals surface area contributed by atoms with Gasteiger partial charge in [0.25, 0.3) is 0 Å². The Bertz CT molecular complexity index is 1050. The first-order valence-corrected chi connectivity index (χ1v) is 8.50. The monoisotopic (exact) mass is 360 g/mol. The van der Waals surface area contributed by atoms with Crippen LogP contribution in [0.1, 0.15) is 11.1 Å². The van der Waals surface area contributed by atoms with Crippen LogP contribution in [-0.4, -0.2) is 0 Å². The fourth-order valence-corrected chi connectivity index (χ4v) is 4.12. The van der Waals surface area contributed by atoms with Crippen LogP contribution in [0.25, 0.3) is 33.4 Å². The lowest BCUT2D eigenvalue weighted by Gasteiger charge is -2.06. The zero-order valence-electron chi connectivity index (χ0n) is 12.3. The Morgan fingerprint density at radius 3 is 2.43 bits per heavy atom. The van der Waals surface area contributed by atoms with Crippen molar-refractivity contribution in [3.05, 3.63) is 82.3 Å². The van der Waals surface area contributed by atoms with E-state index in [1.165, 1.54) is 27.5 Å². The second kappa shape index (κ2) is 4.84. The SMILES string of the molecule is Brc1c(-c2cccc3ccccc23)oc2c1Cc1ccccc1-2. The number of rotatable bonds is 1. The lowest BCUT2D eigenvalue weighted by Crippen LogP contribution is -1.83. The molecule has 23 heavy (non-hydrogen) atoms. The summed E-state index contributed by atoms with van der Waals surface area (Å²) in [6.45, 7) is 0. The van der Waals surface area contributed by atoms with Crippen LogP contribution in [0, 0.1) is 0 Å². The van der Waals surface area contributed by atoms with Crippen LogP contribution in [0.4, 0.5) is 0 Å². The summed E-state index contributed by atoms with van der Waals surface area (Å²) >= 11 is 3.79. The second-order valence-corrected chi connectivity index (χ2v) is 6.71. The molecule has 0 bridgehead atoms. The molecule has 0 amide bonds. The number of halogens is 1. The van der Waals surface area contributed by atoms with Crippen molar-refractivity contribution >= 4 is 26.7 Å². The molecule has 4 aromatic rings. The van der Waals surface area contributed by atoms with Crippen LogP contribution in [-0.2, 0) is 6.42 Å². The number of fused-ring (bicyclic) bond motifs is 4. The highest BCUT2D eigenvalue weighted by Crippen LogP contribution is 2.47. The van der Waals surface area contributed by atoms with Gasteiger partial charge in [0.15, 0.2) is 0 Å². The van der Waals surface area contributed by atoms with Crippen molar-refractivity contribution in [2.24, 2.45) is 0 Å². The highest BCUT2D eigenvalue weighted by atomic mass is 79.9. The number of hydrogen-bond acceptors (Lipinski definition) is 1. The third-order valence-corrected chi connectivity index (χ3v) is 5.44. The Morgan fingerprint density at radius 1 is 0.739 bits per heavy atom. The van der Waals surface area contributed by atoms with E-state index in [2.05, 4.69) is 82.7 Å². The Labute approximate surface area is 142 Å². The maximum atomic E-state index is 6.33. The quantitative estimate of drug-likeness (QED) is 0.335. The maximum absolute atomic E-state index is 6.33. The molecule has 5 rings (SSSR count). The molecule has 1 aliphatic rings. The first kappa shape index (κ1) is 13.1. The van der Waals surface area contributed by atoms with Gasteiger partial charge in [0, 0.05) is 23.1 Å². The summed E-state index contributed by atoms with van der Waals surface area (Å²) < 4.78 is 7.41. The molecule has 0 N–H and O–H groups in total. The molecule has 1 nitrogen and oxygen atoms in total. The standard InChI is InChI=1S/C21H13BrO/c22-19-18-12-14-7-2-4-10-16(14)20(18)23-21(19)17-11-5-8-13-6-1-3-9-15(13)17/h1-11H,12H2. The average molecular weight is 361 g/mol. The van der Waals surface area contributed by atoms with E-state index in [4.69, 9.17) is 4.42 Å². The van der Waals surface area contributed by atoms with Gasteiger partial charge in [-0.15, -0.1) is 0 Å². The highest BCUT2D eigenvalue weighted by molar-refractivity contribution is 9.10. The van der Waals surface area contributed by atoms with E-state index in [1.54, 1.807) is 0 Å². The second-order valence-electron chi connectivity index (χ2n) is 5.91. The van der Waals surface area contributed by atoms with Gasteiger partial charge in [0.1, 0.15) is 11.5 Å². The smallest absolute Gasteiger partial charge is 0.149 e. The summed E-state index contributed by atoms with van der Waals surface area (Å²) in [7, 11) is 0. The molecule has 0 fully saturated rings. The van der Waals surface area contributed by atoms with E-state index in [9.17, 15) is 0 Å². The summed E-state index contributed by atoms with van der Waals surface area (Å²) in [5.74, 6) is 1.94. The van der Waals surface area contributed by atoms with Crippen molar-refractivity contribution in [1.82, 2.24) is 0 Å². The zero-order valence-corrected chi connectivity index (χ0v) is 13.9. The van der Waals surface area contributed by atoms with Crippen LogP contribution in [0.5, 0.6) is 0 Å². The minimum Gasteiger partial charge on any atom is -0.455 e. The summed E-state index contributed by atoms with van der Waals surface area (Å²) in [5, 5.41) is 2.45. The van der Waals surface area contributed by atoms with Crippen LogP contribution >= 0.6 is 15.9 Å². The fraction of sp³-hybridized carbons (Fsp3) is 0.0476. The predicted octanol–water partition coefficient (Wildman–Crippen LogP) is 6.43. The molecule has 1 heterocycles. The van der Waals surface area contributed by atoms with E-state index in [0.717, 1.165) is 28.0 Å². The molecule has 2 heteroatoms. The molecule has 110 valence electrons. The number of benzene rings is 3. The molecular weight excluding hydrogens is 348 g/mol. The van der Waals surface area contributed by atoms with Gasteiger partial charge in [-0.3, -0.25) is 0 Å². The van der Waals surface area contributed by atoms with Gasteiger partial charge in [-0.2, -0.15) is 0 Å². The van der Waals surface area contributed by atoms with Crippen LogP contribution in [0.15, 0.2) is 75.6 Å². The maximum Gasteiger partial charge on any atom is 0.149 e. The van der Waals surface area contributed by atoms with E-state index in [1.807, 2.05) is 0 Å². The van der Waals surface area contributed by atoms with Gasteiger partial charge in [-0.05, 0) is 32.3 Å². The van der Waals surface area contributed by atoms with Crippen molar-refractivity contribution in [2.45, 2.75) is 6.42 Å². The van der Waals surface area contributed by atoms with Gasteiger partial charge < -0.3 is 4.42 Å². The Hall–Kier alpha value is -2.32. The third-order valence-electron chi connectivity index (χ3n) is 4.61.